The van der Waals surface area contributed by atoms with Crippen LogP contribution in [0, 0.1) is 0 Å². The van der Waals surface area contributed by atoms with Gasteiger partial charge in [-0.15, -0.1) is 0 Å². The molecule has 94 valence electrons. The molecule has 0 aromatic carbocycles. The molecule has 2 fully saturated rings. The average molecular weight is 240 g/mol. The van der Waals surface area contributed by atoms with Gasteiger partial charge in [-0.05, 0) is 32.9 Å². The summed E-state index contributed by atoms with van der Waals surface area (Å²) in [6.07, 6.45) is 1.75. The molecular weight excluding hydrogens is 224 g/mol. The van der Waals surface area contributed by atoms with E-state index in [-0.39, 0.29) is 13.0 Å². The molecule has 0 aromatic heterocycles. The number of ether oxygens (including phenoxy) is 1. The second kappa shape index (κ2) is 4.44. The van der Waals surface area contributed by atoms with E-state index in [9.17, 15) is 14.4 Å². The Balaban J connectivity index is 2.31. The zero-order chi connectivity index (χ0) is 12.5. The lowest BCUT2D eigenvalue weighted by Gasteiger charge is -2.32. The molecular formula is C11H16N2O4. The molecule has 17 heavy (non-hydrogen) atoms. The number of amides is 2. The number of imide groups is 1. The van der Waals surface area contributed by atoms with Crippen LogP contribution in [0.2, 0.25) is 0 Å². The number of carbonyl (C=O) groups excluding carboxylic acids is 3. The van der Waals surface area contributed by atoms with E-state index >= 15 is 0 Å². The summed E-state index contributed by atoms with van der Waals surface area (Å²) < 4.78 is 4.97. The molecule has 0 unspecified atom stereocenters. The molecule has 2 heterocycles. The summed E-state index contributed by atoms with van der Waals surface area (Å²) in [7, 11) is 0. The summed E-state index contributed by atoms with van der Waals surface area (Å²) in [6.45, 7) is 3.19. The maximum absolute atomic E-state index is 12.0. The predicted molar refractivity (Wildman–Crippen MR) is 57.9 cm³/mol. The Morgan fingerprint density at radius 3 is 2.53 bits per heavy atom. The summed E-state index contributed by atoms with van der Waals surface area (Å²) in [4.78, 5) is 37.1. The largest absolute Gasteiger partial charge is 0.464 e. The van der Waals surface area contributed by atoms with E-state index in [0.717, 1.165) is 12.8 Å². The number of likely N-dealkylation sites (tertiary alicyclic amines) is 1. The number of rotatable bonds is 3. The molecule has 0 aromatic rings. The molecule has 2 saturated heterocycles. The van der Waals surface area contributed by atoms with Gasteiger partial charge in [-0.25, -0.2) is 4.79 Å². The van der Waals surface area contributed by atoms with Gasteiger partial charge in [-0.1, -0.05) is 0 Å². The Morgan fingerprint density at radius 2 is 2.06 bits per heavy atom. The first-order valence-corrected chi connectivity index (χ1v) is 5.88. The van der Waals surface area contributed by atoms with Gasteiger partial charge in [-0.2, -0.15) is 0 Å². The van der Waals surface area contributed by atoms with E-state index in [1.165, 1.54) is 0 Å². The van der Waals surface area contributed by atoms with Crippen LogP contribution in [-0.4, -0.2) is 47.9 Å². The Hall–Kier alpha value is -1.43. The highest BCUT2D eigenvalue weighted by Gasteiger charge is 2.58. The number of hydrogen-bond acceptors (Lipinski definition) is 5. The lowest BCUT2D eigenvalue weighted by molar-refractivity contribution is -0.161. The first kappa shape index (κ1) is 12.0. The molecule has 0 spiro atoms. The quantitative estimate of drug-likeness (QED) is 0.406. The van der Waals surface area contributed by atoms with Crippen molar-refractivity contribution in [2.24, 2.45) is 0 Å². The van der Waals surface area contributed by atoms with Crippen molar-refractivity contribution in [3.05, 3.63) is 0 Å². The molecule has 6 nitrogen and oxygen atoms in total. The van der Waals surface area contributed by atoms with Crippen LogP contribution in [0.3, 0.4) is 0 Å². The Morgan fingerprint density at radius 1 is 1.41 bits per heavy atom. The van der Waals surface area contributed by atoms with Gasteiger partial charge in [0.1, 0.15) is 0 Å². The van der Waals surface area contributed by atoms with Crippen molar-refractivity contribution in [3.63, 3.8) is 0 Å². The van der Waals surface area contributed by atoms with E-state index in [2.05, 4.69) is 5.32 Å². The first-order valence-electron chi connectivity index (χ1n) is 5.88. The average Bonchev–Trinajstić information content (AvgIpc) is 2.86. The van der Waals surface area contributed by atoms with Crippen LogP contribution in [0.25, 0.3) is 0 Å². The van der Waals surface area contributed by atoms with Gasteiger partial charge >= 0.3 is 5.97 Å². The maximum atomic E-state index is 12.0. The molecule has 0 bridgehead atoms. The highest BCUT2D eigenvalue weighted by Crippen LogP contribution is 2.30. The van der Waals surface area contributed by atoms with E-state index in [0.29, 0.717) is 13.1 Å². The van der Waals surface area contributed by atoms with Gasteiger partial charge in [-0.3, -0.25) is 19.8 Å². The molecule has 1 atom stereocenters. The fraction of sp³-hybridized carbons (Fsp3) is 0.727. The van der Waals surface area contributed by atoms with Crippen molar-refractivity contribution in [3.8, 4) is 0 Å². The second-order valence-electron chi connectivity index (χ2n) is 4.33. The minimum atomic E-state index is -1.41. The van der Waals surface area contributed by atoms with E-state index in [4.69, 9.17) is 4.74 Å². The molecule has 2 rings (SSSR count). The normalized spacial score (nSPS) is 29.5. The molecule has 6 heteroatoms. The Labute approximate surface area is 99.3 Å². The monoisotopic (exact) mass is 240 g/mol. The van der Waals surface area contributed by atoms with Gasteiger partial charge in [0, 0.05) is 0 Å². The zero-order valence-electron chi connectivity index (χ0n) is 9.82. The summed E-state index contributed by atoms with van der Waals surface area (Å²) in [5, 5.41) is 2.20. The molecule has 0 aliphatic carbocycles. The van der Waals surface area contributed by atoms with Crippen LogP contribution in [0.15, 0.2) is 0 Å². The number of esters is 1. The summed E-state index contributed by atoms with van der Waals surface area (Å²) in [5.41, 5.74) is -1.41. The summed E-state index contributed by atoms with van der Waals surface area (Å²) >= 11 is 0. The number of nitrogens with zero attached hydrogens (tertiary/aromatic N) is 1. The molecule has 2 amide bonds. The summed E-state index contributed by atoms with van der Waals surface area (Å²) in [6, 6.07) is 0. The lowest BCUT2D eigenvalue weighted by atomic mass is 9.95. The first-order chi connectivity index (χ1) is 8.11. The summed E-state index contributed by atoms with van der Waals surface area (Å²) in [5.74, 6) is -1.55. The highest BCUT2D eigenvalue weighted by molar-refractivity contribution is 6.19. The fourth-order valence-electron chi connectivity index (χ4n) is 2.49. The zero-order valence-corrected chi connectivity index (χ0v) is 9.82. The molecule has 2 aliphatic rings. The van der Waals surface area contributed by atoms with Crippen molar-refractivity contribution in [1.29, 1.82) is 0 Å². The van der Waals surface area contributed by atoms with Crippen molar-refractivity contribution in [2.75, 3.05) is 19.7 Å². The Kier molecular flexibility index (Phi) is 3.15. The SMILES string of the molecule is CCOC(=O)[C@@]1(N2CCCC2)CC(=O)NC1=O. The lowest BCUT2D eigenvalue weighted by Crippen LogP contribution is -2.59. The van der Waals surface area contributed by atoms with Gasteiger partial charge in [0.25, 0.3) is 5.91 Å². The van der Waals surface area contributed by atoms with Gasteiger partial charge in [0.05, 0.1) is 13.0 Å². The van der Waals surface area contributed by atoms with Crippen molar-refractivity contribution < 1.29 is 19.1 Å². The minimum absolute atomic E-state index is 0.120. The standard InChI is InChI=1S/C11H16N2O4/c1-2-17-10(16)11(13-5-3-4-6-13)7-8(14)12-9(11)15/h2-7H2,1H3,(H,12,14,15)/t11-/m1/s1. The van der Waals surface area contributed by atoms with Crippen LogP contribution in [0.5, 0.6) is 0 Å². The maximum Gasteiger partial charge on any atom is 0.336 e. The molecule has 0 saturated carbocycles. The smallest absolute Gasteiger partial charge is 0.336 e. The van der Waals surface area contributed by atoms with Gasteiger partial charge < -0.3 is 4.74 Å². The van der Waals surface area contributed by atoms with Crippen molar-refractivity contribution in [2.45, 2.75) is 31.7 Å². The minimum Gasteiger partial charge on any atom is -0.464 e. The number of carbonyl (C=O) groups is 3. The van der Waals surface area contributed by atoms with E-state index in [1.807, 2.05) is 0 Å². The third-order valence-electron chi connectivity index (χ3n) is 3.30. The van der Waals surface area contributed by atoms with Crippen LogP contribution >= 0.6 is 0 Å². The highest BCUT2D eigenvalue weighted by atomic mass is 16.5. The van der Waals surface area contributed by atoms with Gasteiger partial charge in [0.2, 0.25) is 11.4 Å². The molecule has 0 radical (unpaired) electrons. The van der Waals surface area contributed by atoms with Gasteiger partial charge in [0.15, 0.2) is 0 Å². The second-order valence-corrected chi connectivity index (χ2v) is 4.33. The number of nitrogens with one attached hydrogen (secondary N) is 1. The van der Waals surface area contributed by atoms with Crippen LogP contribution in [0.4, 0.5) is 0 Å². The Bertz CT molecular complexity index is 362. The topological polar surface area (TPSA) is 75.7 Å². The third kappa shape index (κ3) is 1.82. The van der Waals surface area contributed by atoms with Crippen LogP contribution < -0.4 is 5.32 Å². The van der Waals surface area contributed by atoms with Crippen molar-refractivity contribution in [1.82, 2.24) is 10.2 Å². The molecule has 2 aliphatic heterocycles. The van der Waals surface area contributed by atoms with E-state index < -0.39 is 23.3 Å². The number of hydrogen-bond donors (Lipinski definition) is 1. The van der Waals surface area contributed by atoms with Crippen molar-refractivity contribution >= 4 is 17.8 Å². The predicted octanol–water partition coefficient (Wildman–Crippen LogP) is -0.569. The fourth-order valence-corrected chi connectivity index (χ4v) is 2.49. The van der Waals surface area contributed by atoms with E-state index in [1.54, 1.807) is 11.8 Å². The van der Waals surface area contributed by atoms with Crippen LogP contribution in [0.1, 0.15) is 26.2 Å². The van der Waals surface area contributed by atoms with Crippen LogP contribution in [-0.2, 0) is 19.1 Å². The third-order valence-corrected chi connectivity index (χ3v) is 3.30. The molecule has 1 N–H and O–H groups in total.